The zero-order valence-corrected chi connectivity index (χ0v) is 10.6. The molecule has 0 fully saturated rings. The van der Waals surface area contributed by atoms with Crippen molar-refractivity contribution < 1.29 is 0 Å². The van der Waals surface area contributed by atoms with Crippen LogP contribution in [0.1, 0.15) is 37.0 Å². The fourth-order valence-electron chi connectivity index (χ4n) is 1.63. The molecule has 0 atom stereocenters. The Labute approximate surface area is 101 Å². The van der Waals surface area contributed by atoms with E-state index in [1.165, 1.54) is 0 Å². The number of nitrogens with two attached hydrogens (primary N) is 1. The van der Waals surface area contributed by atoms with Crippen LogP contribution in [0.3, 0.4) is 0 Å². The first kappa shape index (κ1) is 11.6. The van der Waals surface area contributed by atoms with E-state index in [2.05, 4.69) is 28.8 Å². The molecule has 0 unspecified atom stereocenters. The molecule has 90 valence electrons. The van der Waals surface area contributed by atoms with E-state index in [1.54, 1.807) is 6.20 Å². The molecule has 2 rings (SSSR count). The van der Waals surface area contributed by atoms with Gasteiger partial charge in [0.25, 0.3) is 0 Å². The summed E-state index contributed by atoms with van der Waals surface area (Å²) in [6.45, 7) is 7.96. The summed E-state index contributed by atoms with van der Waals surface area (Å²) in [7, 11) is 0. The summed E-state index contributed by atoms with van der Waals surface area (Å²) in [6.07, 6.45) is 3.64. The topological polar surface area (TPSA) is 69.6 Å². The van der Waals surface area contributed by atoms with Crippen LogP contribution in [0, 0.1) is 13.8 Å². The van der Waals surface area contributed by atoms with Crippen molar-refractivity contribution in [3.05, 3.63) is 29.6 Å². The Morgan fingerprint density at radius 2 is 1.94 bits per heavy atom. The zero-order valence-electron chi connectivity index (χ0n) is 10.6. The molecule has 0 aliphatic carbocycles. The average Bonchev–Trinajstić information content (AvgIpc) is 2.68. The highest BCUT2D eigenvalue weighted by atomic mass is 15.1. The predicted molar refractivity (Wildman–Crippen MR) is 67.1 cm³/mol. The Hall–Kier alpha value is -1.91. The molecule has 2 aromatic heterocycles. The molecule has 0 aliphatic heterocycles. The molecular formula is C12H17N5. The monoisotopic (exact) mass is 231 g/mol. The van der Waals surface area contributed by atoms with Gasteiger partial charge in [0, 0.05) is 23.9 Å². The van der Waals surface area contributed by atoms with E-state index < -0.39 is 0 Å². The summed E-state index contributed by atoms with van der Waals surface area (Å²) in [4.78, 5) is 13.1. The van der Waals surface area contributed by atoms with Gasteiger partial charge in [-0.05, 0) is 13.8 Å². The second kappa shape index (κ2) is 4.16. The Kier molecular flexibility index (Phi) is 2.83. The van der Waals surface area contributed by atoms with E-state index in [4.69, 9.17) is 5.73 Å². The van der Waals surface area contributed by atoms with Crippen LogP contribution in [0.5, 0.6) is 0 Å². The molecule has 2 heterocycles. The first-order chi connectivity index (χ1) is 8.00. The average molecular weight is 231 g/mol. The number of imidazole rings is 1. The summed E-state index contributed by atoms with van der Waals surface area (Å²) in [5.74, 6) is 3.25. The highest BCUT2D eigenvalue weighted by Crippen LogP contribution is 2.20. The maximum Gasteiger partial charge on any atom is 0.146 e. The van der Waals surface area contributed by atoms with Gasteiger partial charge in [0.15, 0.2) is 0 Å². The molecule has 0 saturated carbocycles. The van der Waals surface area contributed by atoms with Crippen molar-refractivity contribution in [2.24, 2.45) is 0 Å². The first-order valence-corrected chi connectivity index (χ1v) is 5.65. The van der Waals surface area contributed by atoms with Crippen molar-refractivity contribution in [2.75, 3.05) is 5.73 Å². The van der Waals surface area contributed by atoms with Gasteiger partial charge >= 0.3 is 0 Å². The smallest absolute Gasteiger partial charge is 0.146 e. The summed E-state index contributed by atoms with van der Waals surface area (Å²) in [5, 5.41) is 0. The highest BCUT2D eigenvalue weighted by molar-refractivity contribution is 5.49. The standard InChI is InChI=1S/C12H17N5/c1-7(2)11-15-10(13)8(3)12(16-11)17-6-5-14-9(17)4/h5-7H,1-4H3,(H2,13,15,16). The third kappa shape index (κ3) is 2.00. The Morgan fingerprint density at radius 1 is 1.24 bits per heavy atom. The van der Waals surface area contributed by atoms with Crippen LogP contribution in [0.15, 0.2) is 12.4 Å². The molecule has 0 aliphatic rings. The van der Waals surface area contributed by atoms with Crippen LogP contribution in [0.25, 0.3) is 5.82 Å². The van der Waals surface area contributed by atoms with Crippen LogP contribution >= 0.6 is 0 Å². The van der Waals surface area contributed by atoms with E-state index in [9.17, 15) is 0 Å². The Balaban J connectivity index is 2.65. The van der Waals surface area contributed by atoms with Crippen LogP contribution in [0.2, 0.25) is 0 Å². The number of anilines is 1. The van der Waals surface area contributed by atoms with Crippen molar-refractivity contribution in [3.63, 3.8) is 0 Å². The number of hydrogen-bond acceptors (Lipinski definition) is 4. The molecule has 2 N–H and O–H groups in total. The van der Waals surface area contributed by atoms with Gasteiger partial charge in [0.2, 0.25) is 0 Å². The molecule has 0 spiro atoms. The van der Waals surface area contributed by atoms with Crippen LogP contribution in [-0.2, 0) is 0 Å². The van der Waals surface area contributed by atoms with Crippen LogP contribution < -0.4 is 5.73 Å². The number of hydrogen-bond donors (Lipinski definition) is 1. The molecule has 2 aromatic rings. The van der Waals surface area contributed by atoms with Crippen molar-refractivity contribution in [3.8, 4) is 5.82 Å². The Morgan fingerprint density at radius 3 is 2.47 bits per heavy atom. The third-order valence-corrected chi connectivity index (χ3v) is 2.75. The van der Waals surface area contributed by atoms with Crippen molar-refractivity contribution in [2.45, 2.75) is 33.6 Å². The van der Waals surface area contributed by atoms with Gasteiger partial charge in [-0.25, -0.2) is 15.0 Å². The number of aryl methyl sites for hydroxylation is 1. The van der Waals surface area contributed by atoms with E-state index in [1.807, 2.05) is 24.6 Å². The van der Waals surface area contributed by atoms with Gasteiger partial charge in [-0.3, -0.25) is 4.57 Å². The second-order valence-electron chi connectivity index (χ2n) is 4.41. The van der Waals surface area contributed by atoms with E-state index >= 15 is 0 Å². The minimum Gasteiger partial charge on any atom is -0.383 e. The highest BCUT2D eigenvalue weighted by Gasteiger charge is 2.13. The maximum atomic E-state index is 5.93. The normalized spacial score (nSPS) is 11.1. The fourth-order valence-corrected chi connectivity index (χ4v) is 1.63. The number of rotatable bonds is 2. The van der Waals surface area contributed by atoms with Gasteiger partial charge < -0.3 is 5.73 Å². The van der Waals surface area contributed by atoms with Crippen molar-refractivity contribution >= 4 is 5.82 Å². The van der Waals surface area contributed by atoms with Gasteiger partial charge in [-0.15, -0.1) is 0 Å². The summed E-state index contributed by atoms with van der Waals surface area (Å²) < 4.78 is 1.93. The molecule has 0 amide bonds. The SMILES string of the molecule is Cc1c(N)nc(C(C)C)nc1-n1ccnc1C. The van der Waals surface area contributed by atoms with Gasteiger partial charge in [-0.1, -0.05) is 13.8 Å². The molecule has 0 saturated heterocycles. The lowest BCUT2D eigenvalue weighted by molar-refractivity contribution is 0.757. The lowest BCUT2D eigenvalue weighted by Crippen LogP contribution is -2.10. The third-order valence-electron chi connectivity index (χ3n) is 2.75. The quantitative estimate of drug-likeness (QED) is 0.858. The number of aromatic nitrogens is 4. The lowest BCUT2D eigenvalue weighted by Gasteiger charge is -2.13. The van der Waals surface area contributed by atoms with Crippen LogP contribution in [-0.4, -0.2) is 19.5 Å². The summed E-state index contributed by atoms with van der Waals surface area (Å²) in [5.41, 5.74) is 6.82. The molecule has 0 aromatic carbocycles. The summed E-state index contributed by atoms with van der Waals surface area (Å²) >= 11 is 0. The summed E-state index contributed by atoms with van der Waals surface area (Å²) in [6, 6.07) is 0. The minimum absolute atomic E-state index is 0.250. The van der Waals surface area contributed by atoms with Crippen molar-refractivity contribution in [1.82, 2.24) is 19.5 Å². The lowest BCUT2D eigenvalue weighted by atomic mass is 10.2. The van der Waals surface area contributed by atoms with E-state index in [0.717, 1.165) is 23.0 Å². The predicted octanol–water partition coefficient (Wildman–Crippen LogP) is 1.98. The zero-order chi connectivity index (χ0) is 12.6. The van der Waals surface area contributed by atoms with Gasteiger partial charge in [0.1, 0.15) is 23.3 Å². The largest absolute Gasteiger partial charge is 0.383 e. The first-order valence-electron chi connectivity index (χ1n) is 5.65. The molecule has 5 heteroatoms. The molecule has 17 heavy (non-hydrogen) atoms. The second-order valence-corrected chi connectivity index (χ2v) is 4.41. The minimum atomic E-state index is 0.250. The van der Waals surface area contributed by atoms with E-state index in [-0.39, 0.29) is 5.92 Å². The molecule has 0 bridgehead atoms. The van der Waals surface area contributed by atoms with Crippen molar-refractivity contribution in [1.29, 1.82) is 0 Å². The molecular weight excluding hydrogens is 214 g/mol. The molecule has 5 nitrogen and oxygen atoms in total. The fraction of sp³-hybridized carbons (Fsp3) is 0.417. The van der Waals surface area contributed by atoms with Gasteiger partial charge in [-0.2, -0.15) is 0 Å². The number of nitrogen functional groups attached to an aromatic ring is 1. The Bertz CT molecular complexity index is 542. The van der Waals surface area contributed by atoms with Gasteiger partial charge in [0.05, 0.1) is 0 Å². The number of nitrogens with zero attached hydrogens (tertiary/aromatic N) is 4. The maximum absolute atomic E-state index is 5.93. The molecule has 0 radical (unpaired) electrons. The van der Waals surface area contributed by atoms with Crippen LogP contribution in [0.4, 0.5) is 5.82 Å². The van der Waals surface area contributed by atoms with E-state index in [0.29, 0.717) is 5.82 Å².